The van der Waals surface area contributed by atoms with E-state index in [-0.39, 0.29) is 11.9 Å². The van der Waals surface area contributed by atoms with Crippen LogP contribution >= 0.6 is 0 Å². The number of rotatable bonds is 6. The van der Waals surface area contributed by atoms with Gasteiger partial charge in [-0.1, -0.05) is 18.2 Å². The van der Waals surface area contributed by atoms with E-state index < -0.39 is 5.41 Å². The highest BCUT2D eigenvalue weighted by molar-refractivity contribution is 5.88. The van der Waals surface area contributed by atoms with Crippen LogP contribution in [0.3, 0.4) is 0 Å². The van der Waals surface area contributed by atoms with Crippen LogP contribution in [0.1, 0.15) is 49.7 Å². The summed E-state index contributed by atoms with van der Waals surface area (Å²) in [7, 11) is 1.64. The molecule has 6 heteroatoms. The van der Waals surface area contributed by atoms with Crippen molar-refractivity contribution in [3.05, 3.63) is 77.7 Å². The van der Waals surface area contributed by atoms with Gasteiger partial charge in [-0.3, -0.25) is 9.78 Å². The van der Waals surface area contributed by atoms with Crippen molar-refractivity contribution in [2.75, 3.05) is 19.0 Å². The Hall–Kier alpha value is -3.41. The minimum absolute atomic E-state index is 0.00818. The maximum Gasteiger partial charge on any atom is 0.233 e. The molecule has 3 heterocycles. The lowest BCUT2D eigenvalue weighted by Gasteiger charge is -2.33. The van der Waals surface area contributed by atoms with Crippen LogP contribution in [-0.4, -0.2) is 34.4 Å². The Balaban J connectivity index is 1.50. The number of ether oxygens (including phenoxy) is 1. The van der Waals surface area contributed by atoms with Crippen molar-refractivity contribution < 1.29 is 9.53 Å². The molecule has 4 rings (SSSR count). The molecular weight excluding hydrogens is 400 g/mol. The lowest BCUT2D eigenvalue weighted by molar-refractivity contribution is -0.137. The summed E-state index contributed by atoms with van der Waals surface area (Å²) in [6, 6.07) is 17.6. The Bertz CT molecular complexity index is 1080. The predicted octanol–water partition coefficient (Wildman–Crippen LogP) is 5.18. The van der Waals surface area contributed by atoms with Gasteiger partial charge in [0, 0.05) is 12.2 Å². The van der Waals surface area contributed by atoms with Crippen LogP contribution in [0.2, 0.25) is 0 Å². The number of aromatic nitrogens is 2. The van der Waals surface area contributed by atoms with Gasteiger partial charge in [-0.25, -0.2) is 4.98 Å². The molecule has 6 nitrogen and oxygen atoms in total. The number of hydrogen-bond acceptors (Lipinski definition) is 5. The molecule has 1 fully saturated rings. The Kier molecular flexibility index (Phi) is 6.12. The van der Waals surface area contributed by atoms with Gasteiger partial charge in [-0.2, -0.15) is 0 Å². The number of nitrogens with zero attached hydrogens (tertiary/aromatic N) is 3. The third-order valence-electron chi connectivity index (χ3n) is 6.15. The van der Waals surface area contributed by atoms with E-state index in [4.69, 9.17) is 4.74 Å². The van der Waals surface area contributed by atoms with Gasteiger partial charge in [-0.15, -0.1) is 0 Å². The van der Waals surface area contributed by atoms with E-state index >= 15 is 0 Å². The van der Waals surface area contributed by atoms with Crippen molar-refractivity contribution in [2.45, 2.75) is 45.1 Å². The van der Waals surface area contributed by atoms with E-state index in [1.165, 1.54) is 0 Å². The molecule has 0 spiro atoms. The molecule has 32 heavy (non-hydrogen) atoms. The fourth-order valence-corrected chi connectivity index (χ4v) is 4.24. The summed E-state index contributed by atoms with van der Waals surface area (Å²) in [6.45, 7) is 6.69. The molecule has 1 N–H and O–H groups in total. The zero-order valence-corrected chi connectivity index (χ0v) is 19.1. The summed E-state index contributed by atoms with van der Waals surface area (Å²) in [5, 5.41) is 3.29. The molecular formula is C26H30N4O2. The maximum absolute atomic E-state index is 13.6. The van der Waals surface area contributed by atoms with Crippen LogP contribution < -0.4 is 10.1 Å². The Morgan fingerprint density at radius 2 is 1.91 bits per heavy atom. The smallest absolute Gasteiger partial charge is 0.233 e. The first kappa shape index (κ1) is 21.8. The number of aryl methyl sites for hydroxylation is 1. The third kappa shape index (κ3) is 4.44. The lowest BCUT2D eigenvalue weighted by Crippen LogP contribution is -2.43. The zero-order valence-electron chi connectivity index (χ0n) is 19.1. The molecule has 2 aromatic heterocycles. The number of pyridine rings is 2. The molecule has 1 aromatic carbocycles. The van der Waals surface area contributed by atoms with E-state index in [1.54, 1.807) is 7.11 Å². The second-order valence-electron chi connectivity index (χ2n) is 8.77. The van der Waals surface area contributed by atoms with Crippen LogP contribution in [0.15, 0.2) is 60.8 Å². The molecule has 0 saturated carbocycles. The van der Waals surface area contributed by atoms with E-state index in [2.05, 4.69) is 15.3 Å². The molecule has 0 unspecified atom stereocenters. The van der Waals surface area contributed by atoms with E-state index in [0.29, 0.717) is 0 Å². The van der Waals surface area contributed by atoms with Crippen molar-refractivity contribution in [3.8, 4) is 5.75 Å². The number of amides is 1. The topological polar surface area (TPSA) is 67.3 Å². The van der Waals surface area contributed by atoms with Gasteiger partial charge in [0.25, 0.3) is 0 Å². The highest BCUT2D eigenvalue weighted by Crippen LogP contribution is 2.36. The molecule has 3 aromatic rings. The monoisotopic (exact) mass is 430 g/mol. The van der Waals surface area contributed by atoms with Crippen LogP contribution in [0.5, 0.6) is 5.75 Å². The minimum Gasteiger partial charge on any atom is -0.497 e. The van der Waals surface area contributed by atoms with Gasteiger partial charge in [0.2, 0.25) is 5.91 Å². The predicted molar refractivity (Wildman–Crippen MR) is 126 cm³/mol. The minimum atomic E-state index is -0.632. The second kappa shape index (κ2) is 8.99. The molecule has 166 valence electrons. The molecule has 0 aliphatic carbocycles. The van der Waals surface area contributed by atoms with Gasteiger partial charge < -0.3 is 15.0 Å². The second-order valence-corrected chi connectivity index (χ2v) is 8.77. The zero-order chi connectivity index (χ0) is 22.7. The van der Waals surface area contributed by atoms with Crippen molar-refractivity contribution in [3.63, 3.8) is 0 Å². The first-order chi connectivity index (χ1) is 15.4. The van der Waals surface area contributed by atoms with Gasteiger partial charge >= 0.3 is 0 Å². The maximum atomic E-state index is 13.6. The van der Waals surface area contributed by atoms with E-state index in [0.717, 1.165) is 53.6 Å². The van der Waals surface area contributed by atoms with Crippen LogP contribution in [0.4, 0.5) is 11.5 Å². The average molecular weight is 431 g/mol. The largest absolute Gasteiger partial charge is 0.497 e. The van der Waals surface area contributed by atoms with Crippen LogP contribution in [0, 0.1) is 6.92 Å². The van der Waals surface area contributed by atoms with Crippen LogP contribution in [0.25, 0.3) is 0 Å². The molecule has 0 bridgehead atoms. The number of likely N-dealkylation sites (tertiary alicyclic amines) is 1. The molecule has 0 radical (unpaired) electrons. The lowest BCUT2D eigenvalue weighted by atomic mass is 9.83. The number of anilines is 2. The highest BCUT2D eigenvalue weighted by Gasteiger charge is 2.39. The Morgan fingerprint density at radius 3 is 2.56 bits per heavy atom. The number of benzene rings is 1. The normalized spacial score (nSPS) is 16.1. The summed E-state index contributed by atoms with van der Waals surface area (Å²) in [6.07, 6.45) is 3.71. The fraction of sp³-hybridized carbons (Fsp3) is 0.346. The van der Waals surface area contributed by atoms with Gasteiger partial charge in [0.05, 0.1) is 36.1 Å². The van der Waals surface area contributed by atoms with Gasteiger partial charge in [0.1, 0.15) is 11.6 Å². The summed E-state index contributed by atoms with van der Waals surface area (Å²) in [5.41, 5.74) is 3.10. The first-order valence-corrected chi connectivity index (χ1v) is 11.0. The molecule has 1 aliphatic rings. The number of hydrogen-bond donors (Lipinski definition) is 1. The summed E-state index contributed by atoms with van der Waals surface area (Å²) in [4.78, 5) is 24.7. The summed E-state index contributed by atoms with van der Waals surface area (Å²) < 4.78 is 5.26. The Labute approximate surface area is 189 Å². The van der Waals surface area contributed by atoms with Gasteiger partial charge in [0.15, 0.2) is 0 Å². The van der Waals surface area contributed by atoms with E-state index in [9.17, 15) is 4.79 Å². The quantitative estimate of drug-likeness (QED) is 0.584. The molecule has 1 amide bonds. The van der Waals surface area contributed by atoms with Gasteiger partial charge in [-0.05, 0) is 75.6 Å². The summed E-state index contributed by atoms with van der Waals surface area (Å²) >= 11 is 0. The van der Waals surface area contributed by atoms with Crippen molar-refractivity contribution in [1.29, 1.82) is 0 Å². The standard InChI is InChI=1S/C26H30N4O2/c1-18-7-5-9-24(28-18)29-20-12-15-22(27-17-20)23-8-6-16-30(23)25(31)26(2,3)19-10-13-21(32-4)14-11-19/h5,7,9-15,17,23H,6,8,16H2,1-4H3,(H,28,29)/t23-/m0/s1. The van der Waals surface area contributed by atoms with E-state index in [1.807, 2.05) is 86.5 Å². The number of methoxy groups -OCH3 is 1. The summed E-state index contributed by atoms with van der Waals surface area (Å²) in [5.74, 6) is 1.70. The van der Waals surface area contributed by atoms with Crippen molar-refractivity contribution in [2.24, 2.45) is 0 Å². The Morgan fingerprint density at radius 1 is 1.12 bits per heavy atom. The fourth-order valence-electron chi connectivity index (χ4n) is 4.24. The van der Waals surface area contributed by atoms with Crippen LogP contribution in [-0.2, 0) is 10.2 Å². The SMILES string of the molecule is COc1ccc(C(C)(C)C(=O)N2CCC[C@H]2c2ccc(Nc3cccc(C)n3)cn2)cc1. The number of nitrogens with one attached hydrogen (secondary N) is 1. The molecule has 1 atom stereocenters. The molecule has 1 aliphatic heterocycles. The third-order valence-corrected chi connectivity index (χ3v) is 6.15. The van der Waals surface area contributed by atoms with Crippen molar-refractivity contribution in [1.82, 2.24) is 14.9 Å². The average Bonchev–Trinajstić information content (AvgIpc) is 3.29. The molecule has 1 saturated heterocycles. The number of carbonyl (C=O) groups is 1. The highest BCUT2D eigenvalue weighted by atomic mass is 16.5. The number of carbonyl (C=O) groups excluding carboxylic acids is 1. The van der Waals surface area contributed by atoms with Crippen molar-refractivity contribution >= 4 is 17.4 Å². The first-order valence-electron chi connectivity index (χ1n) is 11.0.